The number of amides is 1. The van der Waals surface area contributed by atoms with E-state index >= 15 is 0 Å². The zero-order valence-corrected chi connectivity index (χ0v) is 18.0. The molecule has 6 nitrogen and oxygen atoms in total. The average Bonchev–Trinajstić information content (AvgIpc) is 3.10. The first kappa shape index (κ1) is 20.8. The molecule has 0 radical (unpaired) electrons. The highest BCUT2D eigenvalue weighted by atomic mass is 35.5. The SMILES string of the molecule is COC(=O)Cn1c(=NC(=O)c2ccc(Oc3ccccc3)cc2)sc2cc(Cl)ccc21. The van der Waals surface area contributed by atoms with Crippen LogP contribution in [0.2, 0.25) is 5.02 Å². The molecule has 0 saturated heterocycles. The molecule has 8 heteroatoms. The number of halogens is 1. The molecule has 0 N–H and O–H groups in total. The van der Waals surface area contributed by atoms with Crippen molar-refractivity contribution in [2.75, 3.05) is 7.11 Å². The molecule has 4 aromatic rings. The maximum absolute atomic E-state index is 12.8. The van der Waals surface area contributed by atoms with Gasteiger partial charge in [0.1, 0.15) is 18.0 Å². The summed E-state index contributed by atoms with van der Waals surface area (Å²) in [5.74, 6) is 0.451. The zero-order valence-electron chi connectivity index (χ0n) is 16.4. The molecule has 0 aliphatic rings. The van der Waals surface area contributed by atoms with Crippen molar-refractivity contribution in [2.24, 2.45) is 4.99 Å². The summed E-state index contributed by atoms with van der Waals surface area (Å²) in [5.41, 5.74) is 1.15. The zero-order chi connectivity index (χ0) is 21.8. The second kappa shape index (κ2) is 9.16. The van der Waals surface area contributed by atoms with Gasteiger partial charge in [-0.1, -0.05) is 41.1 Å². The monoisotopic (exact) mass is 452 g/mol. The number of esters is 1. The lowest BCUT2D eigenvalue weighted by atomic mass is 10.2. The third-order valence-corrected chi connectivity index (χ3v) is 5.71. The number of carbonyl (C=O) groups is 2. The smallest absolute Gasteiger partial charge is 0.325 e. The van der Waals surface area contributed by atoms with Gasteiger partial charge in [-0.15, -0.1) is 0 Å². The number of aromatic nitrogens is 1. The second-order valence-corrected chi connectivity index (χ2v) is 7.96. The molecule has 0 aliphatic heterocycles. The lowest BCUT2D eigenvalue weighted by molar-refractivity contribution is -0.141. The average molecular weight is 453 g/mol. The molecule has 31 heavy (non-hydrogen) atoms. The Bertz CT molecular complexity index is 1310. The Labute approximate surface area is 187 Å². The van der Waals surface area contributed by atoms with Crippen LogP contribution < -0.4 is 9.54 Å². The van der Waals surface area contributed by atoms with Gasteiger partial charge in [0.25, 0.3) is 5.91 Å². The summed E-state index contributed by atoms with van der Waals surface area (Å²) >= 11 is 7.36. The fraction of sp³-hybridized carbons (Fsp3) is 0.0870. The Morgan fingerprint density at radius 1 is 1.00 bits per heavy atom. The van der Waals surface area contributed by atoms with E-state index in [2.05, 4.69) is 4.99 Å². The van der Waals surface area contributed by atoms with Crippen LogP contribution in [0, 0.1) is 0 Å². The molecule has 0 aliphatic carbocycles. The lowest BCUT2D eigenvalue weighted by Crippen LogP contribution is -2.22. The third-order valence-electron chi connectivity index (χ3n) is 4.44. The van der Waals surface area contributed by atoms with Crippen molar-refractivity contribution in [1.82, 2.24) is 4.57 Å². The molecular formula is C23H17ClN2O4S. The van der Waals surface area contributed by atoms with Gasteiger partial charge < -0.3 is 14.0 Å². The van der Waals surface area contributed by atoms with Gasteiger partial charge in [0, 0.05) is 10.6 Å². The van der Waals surface area contributed by atoms with Gasteiger partial charge >= 0.3 is 5.97 Å². The first-order valence-electron chi connectivity index (χ1n) is 9.31. The van der Waals surface area contributed by atoms with Crippen molar-refractivity contribution in [1.29, 1.82) is 0 Å². The quantitative estimate of drug-likeness (QED) is 0.397. The van der Waals surface area contributed by atoms with Crippen molar-refractivity contribution in [3.8, 4) is 11.5 Å². The van der Waals surface area contributed by atoms with E-state index < -0.39 is 11.9 Å². The number of ether oxygens (including phenoxy) is 2. The molecule has 4 rings (SSSR count). The van der Waals surface area contributed by atoms with E-state index in [1.54, 1.807) is 47.0 Å². The second-order valence-electron chi connectivity index (χ2n) is 6.52. The maximum Gasteiger partial charge on any atom is 0.325 e. The molecule has 1 amide bonds. The standard InChI is InChI=1S/C23H17ClN2O4S/c1-29-21(27)14-26-19-12-9-16(24)13-20(19)31-23(26)25-22(28)15-7-10-18(11-8-15)30-17-5-3-2-4-6-17/h2-13H,14H2,1H3. The Morgan fingerprint density at radius 2 is 1.71 bits per heavy atom. The number of hydrogen-bond donors (Lipinski definition) is 0. The van der Waals surface area contributed by atoms with E-state index in [0.717, 1.165) is 10.2 Å². The van der Waals surface area contributed by atoms with Gasteiger partial charge in [0.05, 0.1) is 17.3 Å². The fourth-order valence-electron chi connectivity index (χ4n) is 2.92. The topological polar surface area (TPSA) is 69.9 Å². The van der Waals surface area contributed by atoms with Crippen LogP contribution in [-0.2, 0) is 16.1 Å². The summed E-state index contributed by atoms with van der Waals surface area (Å²) in [6, 6.07) is 21.4. The summed E-state index contributed by atoms with van der Waals surface area (Å²) in [7, 11) is 1.31. The first-order chi connectivity index (χ1) is 15.0. The molecule has 156 valence electrons. The van der Waals surface area contributed by atoms with Crippen LogP contribution in [0.5, 0.6) is 11.5 Å². The number of methoxy groups -OCH3 is 1. The highest BCUT2D eigenvalue weighted by Gasteiger charge is 2.13. The number of para-hydroxylation sites is 1. The van der Waals surface area contributed by atoms with E-state index in [0.29, 0.717) is 26.9 Å². The number of benzene rings is 3. The number of nitrogens with zero attached hydrogens (tertiary/aromatic N) is 2. The lowest BCUT2D eigenvalue weighted by Gasteiger charge is -2.05. The van der Waals surface area contributed by atoms with Crippen molar-refractivity contribution < 1.29 is 19.1 Å². The summed E-state index contributed by atoms with van der Waals surface area (Å²) in [6.07, 6.45) is 0. The van der Waals surface area contributed by atoms with E-state index in [1.165, 1.54) is 18.4 Å². The molecule has 0 unspecified atom stereocenters. The van der Waals surface area contributed by atoms with Crippen LogP contribution >= 0.6 is 22.9 Å². The number of thiazole rings is 1. The van der Waals surface area contributed by atoms with Gasteiger partial charge in [0.15, 0.2) is 4.80 Å². The molecular weight excluding hydrogens is 436 g/mol. The normalized spacial score (nSPS) is 11.5. The van der Waals surface area contributed by atoms with Crippen LogP contribution in [0.4, 0.5) is 0 Å². The van der Waals surface area contributed by atoms with Crippen molar-refractivity contribution in [2.45, 2.75) is 6.54 Å². The van der Waals surface area contributed by atoms with Gasteiger partial charge in [-0.2, -0.15) is 4.99 Å². The summed E-state index contributed by atoms with van der Waals surface area (Å²) < 4.78 is 13.0. The highest BCUT2D eigenvalue weighted by molar-refractivity contribution is 7.16. The Morgan fingerprint density at radius 3 is 2.42 bits per heavy atom. The van der Waals surface area contributed by atoms with E-state index in [9.17, 15) is 9.59 Å². The van der Waals surface area contributed by atoms with Gasteiger partial charge in [-0.05, 0) is 54.6 Å². The minimum Gasteiger partial charge on any atom is -0.468 e. The minimum absolute atomic E-state index is 0.0614. The van der Waals surface area contributed by atoms with Crippen LogP contribution in [0.3, 0.4) is 0 Å². The number of carbonyl (C=O) groups excluding carboxylic acids is 2. The predicted octanol–water partition coefficient (Wildman–Crippen LogP) is 5.06. The first-order valence-corrected chi connectivity index (χ1v) is 10.5. The number of fused-ring (bicyclic) bond motifs is 1. The predicted molar refractivity (Wildman–Crippen MR) is 120 cm³/mol. The third kappa shape index (κ3) is 4.84. The van der Waals surface area contributed by atoms with E-state index in [4.69, 9.17) is 21.1 Å². The molecule has 0 saturated carbocycles. The van der Waals surface area contributed by atoms with E-state index in [1.807, 2.05) is 30.3 Å². The molecule has 1 heterocycles. The number of rotatable bonds is 5. The number of hydrogen-bond acceptors (Lipinski definition) is 5. The van der Waals surface area contributed by atoms with Gasteiger partial charge in [-0.25, -0.2) is 0 Å². The molecule has 0 fully saturated rings. The molecule has 0 spiro atoms. The highest BCUT2D eigenvalue weighted by Crippen LogP contribution is 2.23. The fourth-order valence-corrected chi connectivity index (χ4v) is 4.22. The van der Waals surface area contributed by atoms with Gasteiger partial charge in [-0.3, -0.25) is 9.59 Å². The van der Waals surface area contributed by atoms with Crippen molar-refractivity contribution >= 4 is 45.0 Å². The van der Waals surface area contributed by atoms with Crippen molar-refractivity contribution in [3.63, 3.8) is 0 Å². The van der Waals surface area contributed by atoms with Crippen LogP contribution in [0.25, 0.3) is 10.2 Å². The summed E-state index contributed by atoms with van der Waals surface area (Å²) in [4.78, 5) is 29.3. The van der Waals surface area contributed by atoms with Crippen LogP contribution in [-0.4, -0.2) is 23.6 Å². The molecule has 0 bridgehead atoms. The minimum atomic E-state index is -0.439. The van der Waals surface area contributed by atoms with E-state index in [-0.39, 0.29) is 6.54 Å². The summed E-state index contributed by atoms with van der Waals surface area (Å²) in [6.45, 7) is -0.0614. The molecule has 3 aromatic carbocycles. The van der Waals surface area contributed by atoms with Crippen LogP contribution in [0.1, 0.15) is 10.4 Å². The summed E-state index contributed by atoms with van der Waals surface area (Å²) in [5, 5.41) is 0.561. The van der Waals surface area contributed by atoms with Crippen LogP contribution in [0.15, 0.2) is 77.8 Å². The molecule has 0 atom stereocenters. The molecule has 1 aromatic heterocycles. The van der Waals surface area contributed by atoms with Gasteiger partial charge in [0.2, 0.25) is 0 Å². The Kier molecular flexibility index (Phi) is 6.16. The maximum atomic E-state index is 12.8. The van der Waals surface area contributed by atoms with Crippen molar-refractivity contribution in [3.05, 3.63) is 88.2 Å². The largest absolute Gasteiger partial charge is 0.468 e. The Balaban J connectivity index is 1.65. The Hall–Kier alpha value is -3.42.